The third-order valence-electron chi connectivity index (χ3n) is 4.70. The summed E-state index contributed by atoms with van der Waals surface area (Å²) in [6, 6.07) is 16.8. The fraction of sp³-hybridized carbons (Fsp3) is 0.368. The first-order chi connectivity index (χ1) is 10.5. The molecule has 22 heavy (non-hydrogen) atoms. The fourth-order valence-electron chi connectivity index (χ4n) is 3.35. The number of rotatable bonds is 3. The first kappa shape index (κ1) is 15.7. The van der Waals surface area contributed by atoms with Crippen molar-refractivity contribution in [3.8, 4) is 0 Å². The predicted molar refractivity (Wildman–Crippen MR) is 92.9 cm³/mol. The first-order valence-corrected chi connectivity index (χ1v) is 8.72. The van der Waals surface area contributed by atoms with Crippen LogP contribution in [0.4, 0.5) is 0 Å². The Morgan fingerprint density at radius 1 is 1.09 bits per heavy atom. The molecule has 0 saturated carbocycles. The Kier molecular flexibility index (Phi) is 4.67. The quantitative estimate of drug-likeness (QED) is 0.864. The molecule has 1 heterocycles. The zero-order chi connectivity index (χ0) is 15.6. The van der Waals surface area contributed by atoms with Crippen molar-refractivity contribution in [2.45, 2.75) is 31.9 Å². The molecule has 0 bridgehead atoms. The summed E-state index contributed by atoms with van der Waals surface area (Å²) < 4.78 is 1.06. The minimum Gasteiger partial charge on any atom is -0.385 e. The molecule has 3 rings (SSSR count). The lowest BCUT2D eigenvalue weighted by atomic mass is 9.84. The fourth-order valence-corrected chi connectivity index (χ4v) is 3.62. The molecule has 1 aliphatic rings. The van der Waals surface area contributed by atoms with Gasteiger partial charge >= 0.3 is 0 Å². The van der Waals surface area contributed by atoms with E-state index in [-0.39, 0.29) is 0 Å². The number of likely N-dealkylation sites (tertiary alicyclic amines) is 1. The Balaban J connectivity index is 1.63. The SMILES string of the molecule is Cc1cccc(C[NH+]2CCC(O)(c3ccc(Br)cc3)CC2)c1. The molecule has 0 amide bonds. The Morgan fingerprint density at radius 3 is 2.41 bits per heavy atom. The summed E-state index contributed by atoms with van der Waals surface area (Å²) in [5.74, 6) is 0. The van der Waals surface area contributed by atoms with Crippen molar-refractivity contribution in [2.75, 3.05) is 13.1 Å². The highest BCUT2D eigenvalue weighted by Gasteiger charge is 2.36. The molecule has 1 aliphatic heterocycles. The lowest BCUT2D eigenvalue weighted by Gasteiger charge is -2.36. The Hall–Kier alpha value is -1.16. The van der Waals surface area contributed by atoms with Gasteiger partial charge in [-0.05, 0) is 24.6 Å². The molecule has 1 saturated heterocycles. The number of aryl methyl sites for hydroxylation is 1. The highest BCUT2D eigenvalue weighted by molar-refractivity contribution is 9.10. The van der Waals surface area contributed by atoms with Crippen LogP contribution in [0.2, 0.25) is 0 Å². The van der Waals surface area contributed by atoms with E-state index in [0.29, 0.717) is 0 Å². The van der Waals surface area contributed by atoms with Crippen molar-refractivity contribution in [3.63, 3.8) is 0 Å². The molecular weight excluding hydrogens is 338 g/mol. The molecular formula is C19H23BrNO+. The van der Waals surface area contributed by atoms with Gasteiger partial charge in [0, 0.05) is 22.9 Å². The van der Waals surface area contributed by atoms with Gasteiger partial charge < -0.3 is 10.0 Å². The molecule has 2 nitrogen and oxygen atoms in total. The van der Waals surface area contributed by atoms with Crippen molar-refractivity contribution < 1.29 is 10.0 Å². The van der Waals surface area contributed by atoms with E-state index in [9.17, 15) is 5.11 Å². The van der Waals surface area contributed by atoms with Crippen LogP contribution in [-0.4, -0.2) is 18.2 Å². The normalized spacial score (nSPS) is 25.1. The van der Waals surface area contributed by atoms with E-state index in [4.69, 9.17) is 0 Å². The highest BCUT2D eigenvalue weighted by Crippen LogP contribution is 2.30. The first-order valence-electron chi connectivity index (χ1n) is 7.93. The highest BCUT2D eigenvalue weighted by atomic mass is 79.9. The van der Waals surface area contributed by atoms with Gasteiger partial charge in [0.1, 0.15) is 12.1 Å². The van der Waals surface area contributed by atoms with Crippen molar-refractivity contribution in [1.82, 2.24) is 0 Å². The van der Waals surface area contributed by atoms with Crippen LogP contribution in [0.15, 0.2) is 53.0 Å². The average molecular weight is 361 g/mol. The minimum atomic E-state index is -0.656. The zero-order valence-electron chi connectivity index (χ0n) is 13.0. The van der Waals surface area contributed by atoms with Crippen LogP contribution >= 0.6 is 15.9 Å². The molecule has 0 spiro atoms. The molecule has 2 N–H and O–H groups in total. The maximum absolute atomic E-state index is 10.9. The van der Waals surface area contributed by atoms with Crippen molar-refractivity contribution in [2.24, 2.45) is 0 Å². The number of quaternary nitrogens is 1. The topological polar surface area (TPSA) is 24.7 Å². The van der Waals surface area contributed by atoms with E-state index in [1.807, 2.05) is 24.3 Å². The van der Waals surface area contributed by atoms with Crippen LogP contribution in [0.25, 0.3) is 0 Å². The smallest absolute Gasteiger partial charge is 0.103 e. The van der Waals surface area contributed by atoms with Crippen LogP contribution < -0.4 is 4.90 Å². The van der Waals surface area contributed by atoms with Gasteiger partial charge in [-0.2, -0.15) is 0 Å². The second-order valence-corrected chi connectivity index (χ2v) is 7.37. The van der Waals surface area contributed by atoms with Gasteiger partial charge in [0.05, 0.1) is 13.1 Å². The van der Waals surface area contributed by atoms with Crippen molar-refractivity contribution >= 4 is 15.9 Å². The second-order valence-electron chi connectivity index (χ2n) is 6.45. The Morgan fingerprint density at radius 2 is 1.77 bits per heavy atom. The van der Waals surface area contributed by atoms with Crippen LogP contribution in [0.1, 0.15) is 29.5 Å². The molecule has 0 aliphatic carbocycles. The molecule has 1 fully saturated rings. The lowest BCUT2D eigenvalue weighted by Crippen LogP contribution is -3.12. The van der Waals surface area contributed by atoms with Gasteiger partial charge in [-0.15, -0.1) is 0 Å². The molecule has 0 radical (unpaired) electrons. The predicted octanol–water partition coefficient (Wildman–Crippen LogP) is 2.82. The molecule has 3 heteroatoms. The second kappa shape index (κ2) is 6.53. The van der Waals surface area contributed by atoms with Crippen LogP contribution in [0, 0.1) is 6.92 Å². The van der Waals surface area contributed by atoms with Crippen molar-refractivity contribution in [1.29, 1.82) is 0 Å². The maximum atomic E-state index is 10.9. The van der Waals surface area contributed by atoms with Gasteiger partial charge in [0.25, 0.3) is 0 Å². The standard InChI is InChI=1S/C19H22BrNO/c1-15-3-2-4-16(13-15)14-21-11-9-19(22,10-12-21)17-5-7-18(20)8-6-17/h2-8,13,22H,9-12,14H2,1H3/p+1. The molecule has 0 aromatic heterocycles. The molecule has 0 atom stereocenters. The summed E-state index contributed by atoms with van der Waals surface area (Å²) in [7, 11) is 0. The number of piperidine rings is 1. The van der Waals surface area contributed by atoms with E-state index in [2.05, 4.69) is 47.1 Å². The van der Waals surface area contributed by atoms with E-state index in [0.717, 1.165) is 42.5 Å². The summed E-state index contributed by atoms with van der Waals surface area (Å²) in [4.78, 5) is 1.56. The molecule has 0 unspecified atom stereocenters. The van der Waals surface area contributed by atoms with Gasteiger partial charge in [-0.3, -0.25) is 0 Å². The summed E-state index contributed by atoms with van der Waals surface area (Å²) in [5.41, 5.74) is 3.10. The molecule has 116 valence electrons. The summed E-state index contributed by atoms with van der Waals surface area (Å²) in [6.07, 6.45) is 1.66. The van der Waals surface area contributed by atoms with Gasteiger partial charge in [0.15, 0.2) is 0 Å². The van der Waals surface area contributed by atoms with Gasteiger partial charge in [0.2, 0.25) is 0 Å². The number of nitrogens with one attached hydrogen (secondary N) is 1. The summed E-state index contributed by atoms with van der Waals surface area (Å²) in [6.45, 7) is 5.22. The van der Waals surface area contributed by atoms with Gasteiger partial charge in [-0.25, -0.2) is 0 Å². The zero-order valence-corrected chi connectivity index (χ0v) is 14.6. The largest absolute Gasteiger partial charge is 0.385 e. The van der Waals surface area contributed by atoms with Crippen LogP contribution in [0.3, 0.4) is 0 Å². The third kappa shape index (κ3) is 3.60. The van der Waals surface area contributed by atoms with Crippen molar-refractivity contribution in [3.05, 3.63) is 69.7 Å². The average Bonchev–Trinajstić information content (AvgIpc) is 2.50. The summed E-state index contributed by atoms with van der Waals surface area (Å²) >= 11 is 3.45. The van der Waals surface area contributed by atoms with Crippen LogP contribution in [-0.2, 0) is 12.1 Å². The lowest BCUT2D eigenvalue weighted by molar-refractivity contribution is -0.921. The molecule has 2 aromatic carbocycles. The Bertz CT molecular complexity index is 630. The number of halogens is 1. The number of hydrogen-bond donors (Lipinski definition) is 2. The minimum absolute atomic E-state index is 0.656. The number of hydrogen-bond acceptors (Lipinski definition) is 1. The number of benzene rings is 2. The van der Waals surface area contributed by atoms with E-state index in [1.165, 1.54) is 11.1 Å². The van der Waals surface area contributed by atoms with E-state index < -0.39 is 5.60 Å². The maximum Gasteiger partial charge on any atom is 0.103 e. The number of aliphatic hydroxyl groups is 1. The molecule has 2 aromatic rings. The van der Waals surface area contributed by atoms with E-state index >= 15 is 0 Å². The van der Waals surface area contributed by atoms with Crippen LogP contribution in [0.5, 0.6) is 0 Å². The Labute approximate surface area is 140 Å². The summed E-state index contributed by atoms with van der Waals surface area (Å²) in [5, 5.41) is 10.9. The van der Waals surface area contributed by atoms with Gasteiger partial charge in [-0.1, -0.05) is 57.9 Å². The third-order valence-corrected chi connectivity index (χ3v) is 5.23. The monoisotopic (exact) mass is 360 g/mol. The van der Waals surface area contributed by atoms with E-state index in [1.54, 1.807) is 4.90 Å².